The molecule has 1 fully saturated rings. The van der Waals surface area contributed by atoms with Gasteiger partial charge in [-0.05, 0) is 18.9 Å². The van der Waals surface area contributed by atoms with Crippen LogP contribution < -0.4 is 10.9 Å². The fourth-order valence-electron chi connectivity index (χ4n) is 2.70. The molecule has 7 nitrogen and oxygen atoms in total. The van der Waals surface area contributed by atoms with E-state index < -0.39 is 0 Å². The molecule has 0 aromatic carbocycles. The molecule has 24 heavy (non-hydrogen) atoms. The van der Waals surface area contributed by atoms with Gasteiger partial charge in [0.15, 0.2) is 5.13 Å². The van der Waals surface area contributed by atoms with Crippen LogP contribution in [0.3, 0.4) is 0 Å². The number of pyridine rings is 1. The molecule has 2 aliphatic rings. The Balaban J connectivity index is 1.47. The number of H-pyrrole nitrogens is 1. The van der Waals surface area contributed by atoms with Crippen LogP contribution in [0.5, 0.6) is 0 Å². The first kappa shape index (κ1) is 15.1. The molecule has 2 amide bonds. The molecule has 1 aliphatic carbocycles. The van der Waals surface area contributed by atoms with E-state index in [1.54, 1.807) is 4.90 Å². The van der Waals surface area contributed by atoms with Crippen LogP contribution in [0.2, 0.25) is 0 Å². The van der Waals surface area contributed by atoms with Crippen molar-refractivity contribution in [3.05, 3.63) is 44.8 Å². The van der Waals surface area contributed by atoms with Gasteiger partial charge < -0.3 is 15.2 Å². The van der Waals surface area contributed by atoms with E-state index in [4.69, 9.17) is 0 Å². The number of anilines is 1. The third kappa shape index (κ3) is 2.96. The SMILES string of the molecule is O=C(Nc1nc2c(s1)CN(C(=O)c1ccc(=O)[nH]c1)CC2)C1CC1. The quantitative estimate of drug-likeness (QED) is 0.879. The monoisotopic (exact) mass is 344 g/mol. The Hall–Kier alpha value is -2.48. The number of carbonyl (C=O) groups excluding carboxylic acids is 2. The number of nitrogens with zero attached hydrogens (tertiary/aromatic N) is 2. The molecule has 0 spiro atoms. The maximum absolute atomic E-state index is 12.5. The number of carbonyl (C=O) groups is 2. The number of aromatic nitrogens is 2. The number of hydrogen-bond acceptors (Lipinski definition) is 5. The van der Waals surface area contributed by atoms with Crippen molar-refractivity contribution >= 4 is 28.3 Å². The lowest BCUT2D eigenvalue weighted by Gasteiger charge is -2.26. The maximum atomic E-state index is 12.5. The summed E-state index contributed by atoms with van der Waals surface area (Å²) in [4.78, 5) is 45.2. The van der Waals surface area contributed by atoms with Crippen LogP contribution in [0.1, 0.15) is 33.8 Å². The predicted molar refractivity (Wildman–Crippen MR) is 89.0 cm³/mol. The fraction of sp³-hybridized carbons (Fsp3) is 0.375. The summed E-state index contributed by atoms with van der Waals surface area (Å²) in [5.41, 5.74) is 1.19. The van der Waals surface area contributed by atoms with Crippen LogP contribution in [-0.2, 0) is 17.8 Å². The number of amides is 2. The first-order valence-electron chi connectivity index (χ1n) is 7.87. The van der Waals surface area contributed by atoms with Gasteiger partial charge in [0, 0.05) is 36.0 Å². The van der Waals surface area contributed by atoms with Gasteiger partial charge in [0.05, 0.1) is 17.8 Å². The molecular formula is C16H16N4O3S. The average Bonchev–Trinajstić information content (AvgIpc) is 3.35. The van der Waals surface area contributed by atoms with E-state index in [0.29, 0.717) is 30.2 Å². The number of nitrogens with one attached hydrogen (secondary N) is 2. The van der Waals surface area contributed by atoms with Crippen LogP contribution >= 0.6 is 11.3 Å². The zero-order valence-corrected chi connectivity index (χ0v) is 13.7. The van der Waals surface area contributed by atoms with Gasteiger partial charge in [0.2, 0.25) is 11.5 Å². The van der Waals surface area contributed by atoms with E-state index in [1.165, 1.54) is 29.7 Å². The molecule has 0 bridgehead atoms. The average molecular weight is 344 g/mol. The molecule has 0 saturated heterocycles. The number of aromatic amines is 1. The topological polar surface area (TPSA) is 95.2 Å². The van der Waals surface area contributed by atoms with Crippen LogP contribution in [0.4, 0.5) is 5.13 Å². The van der Waals surface area contributed by atoms with Gasteiger partial charge in [0.1, 0.15) is 0 Å². The summed E-state index contributed by atoms with van der Waals surface area (Å²) in [5, 5.41) is 3.49. The maximum Gasteiger partial charge on any atom is 0.255 e. The minimum atomic E-state index is -0.231. The Labute approximate surface area is 141 Å². The summed E-state index contributed by atoms with van der Waals surface area (Å²) >= 11 is 1.43. The van der Waals surface area contributed by atoms with Crippen molar-refractivity contribution in [3.8, 4) is 0 Å². The highest BCUT2D eigenvalue weighted by Crippen LogP contribution is 2.33. The van der Waals surface area contributed by atoms with E-state index in [9.17, 15) is 14.4 Å². The summed E-state index contributed by atoms with van der Waals surface area (Å²) in [5.74, 6) is 0.0698. The van der Waals surface area contributed by atoms with E-state index in [2.05, 4.69) is 15.3 Å². The van der Waals surface area contributed by atoms with Crippen molar-refractivity contribution in [2.75, 3.05) is 11.9 Å². The zero-order valence-electron chi connectivity index (χ0n) is 12.9. The van der Waals surface area contributed by atoms with E-state index in [-0.39, 0.29) is 23.3 Å². The second-order valence-corrected chi connectivity index (χ2v) is 7.15. The molecule has 4 rings (SSSR count). The molecule has 2 aromatic rings. The summed E-state index contributed by atoms with van der Waals surface area (Å²) in [6.07, 6.45) is 4.02. The molecule has 1 aliphatic heterocycles. The Morgan fingerprint density at radius 3 is 2.88 bits per heavy atom. The van der Waals surface area contributed by atoms with Crippen molar-refractivity contribution in [1.82, 2.24) is 14.9 Å². The van der Waals surface area contributed by atoms with E-state index in [0.717, 1.165) is 23.4 Å². The molecule has 2 aromatic heterocycles. The Kier molecular flexibility index (Phi) is 3.68. The normalized spacial score (nSPS) is 16.6. The first-order valence-corrected chi connectivity index (χ1v) is 8.69. The van der Waals surface area contributed by atoms with Crippen LogP contribution in [0, 0.1) is 5.92 Å². The number of fused-ring (bicyclic) bond motifs is 1. The van der Waals surface area contributed by atoms with Crippen LogP contribution in [0.15, 0.2) is 23.1 Å². The zero-order chi connectivity index (χ0) is 16.7. The molecule has 1 saturated carbocycles. The highest BCUT2D eigenvalue weighted by atomic mass is 32.1. The smallest absolute Gasteiger partial charge is 0.255 e. The van der Waals surface area contributed by atoms with Crippen molar-refractivity contribution in [2.24, 2.45) is 5.92 Å². The molecule has 0 radical (unpaired) electrons. The lowest BCUT2D eigenvalue weighted by molar-refractivity contribution is -0.117. The second-order valence-electron chi connectivity index (χ2n) is 6.07. The predicted octanol–water partition coefficient (Wildman–Crippen LogP) is 1.38. The van der Waals surface area contributed by atoms with Gasteiger partial charge in [0.25, 0.3) is 5.91 Å². The molecule has 3 heterocycles. The highest BCUT2D eigenvalue weighted by Gasteiger charge is 2.31. The summed E-state index contributed by atoms with van der Waals surface area (Å²) in [6, 6.07) is 2.88. The van der Waals surface area contributed by atoms with Gasteiger partial charge in [-0.3, -0.25) is 14.4 Å². The Morgan fingerprint density at radius 2 is 2.17 bits per heavy atom. The molecule has 0 atom stereocenters. The number of thiazole rings is 1. The number of hydrogen-bond donors (Lipinski definition) is 2. The largest absolute Gasteiger partial charge is 0.333 e. The van der Waals surface area contributed by atoms with Crippen molar-refractivity contribution in [2.45, 2.75) is 25.8 Å². The highest BCUT2D eigenvalue weighted by molar-refractivity contribution is 7.15. The van der Waals surface area contributed by atoms with Crippen molar-refractivity contribution in [3.63, 3.8) is 0 Å². The van der Waals surface area contributed by atoms with Gasteiger partial charge in [-0.15, -0.1) is 0 Å². The standard InChI is InChI=1S/C16H16N4O3S/c21-13-4-3-10(7-17-13)15(23)20-6-5-11-12(8-20)24-16(18-11)19-14(22)9-1-2-9/h3-4,7,9H,1-2,5-6,8H2,(H,17,21)(H,18,19,22). The molecule has 124 valence electrons. The van der Waals surface area contributed by atoms with Gasteiger partial charge in [-0.1, -0.05) is 11.3 Å². The lowest BCUT2D eigenvalue weighted by Crippen LogP contribution is -2.35. The van der Waals surface area contributed by atoms with Gasteiger partial charge in [-0.2, -0.15) is 0 Å². The minimum Gasteiger partial charge on any atom is -0.333 e. The van der Waals surface area contributed by atoms with E-state index in [1.807, 2.05) is 0 Å². The third-order valence-electron chi connectivity index (χ3n) is 4.23. The summed E-state index contributed by atoms with van der Waals surface area (Å²) < 4.78 is 0. The van der Waals surface area contributed by atoms with Crippen molar-refractivity contribution in [1.29, 1.82) is 0 Å². The first-order chi connectivity index (χ1) is 11.6. The van der Waals surface area contributed by atoms with E-state index >= 15 is 0 Å². The molecular weight excluding hydrogens is 328 g/mol. The molecule has 8 heteroatoms. The third-order valence-corrected chi connectivity index (χ3v) is 5.23. The van der Waals surface area contributed by atoms with Gasteiger partial charge in [-0.25, -0.2) is 4.98 Å². The van der Waals surface area contributed by atoms with Crippen LogP contribution in [0.25, 0.3) is 0 Å². The lowest BCUT2D eigenvalue weighted by atomic mass is 10.1. The van der Waals surface area contributed by atoms with Crippen LogP contribution in [-0.4, -0.2) is 33.2 Å². The fourth-order valence-corrected chi connectivity index (χ4v) is 3.73. The molecule has 0 unspecified atom stereocenters. The molecule has 2 N–H and O–H groups in total. The Bertz CT molecular complexity index is 848. The van der Waals surface area contributed by atoms with Gasteiger partial charge >= 0.3 is 0 Å². The minimum absolute atomic E-state index is 0.0438. The summed E-state index contributed by atoms with van der Waals surface area (Å²) in [6.45, 7) is 1.05. The number of rotatable bonds is 3. The Morgan fingerprint density at radius 1 is 1.33 bits per heavy atom. The second kappa shape index (κ2) is 5.86. The summed E-state index contributed by atoms with van der Waals surface area (Å²) in [7, 11) is 0. The van der Waals surface area contributed by atoms with Crippen molar-refractivity contribution < 1.29 is 9.59 Å².